The largest absolute Gasteiger partial charge is 0.467 e. The Balaban J connectivity index is 1.15. The molecule has 1 fully saturated rings. The molecule has 2 aliphatic rings. The standard InChI is InChI=1S/C25H25N5O3/c1-2-6-21-20(5-1)24(26-15-19-4-3-13-31-19)28-25(27-21)30-11-9-29(10-12-30)16-18-7-8-22-23(14-18)33-17-32-22/h1-8,13-14H,9-12,15-17H2,(H,26,27,28). The van der Waals surface area contributed by atoms with Crippen molar-refractivity contribution >= 4 is 22.7 Å². The Hall–Kier alpha value is -3.78. The first-order chi connectivity index (χ1) is 16.3. The van der Waals surface area contributed by atoms with Crippen LogP contribution in [0.1, 0.15) is 11.3 Å². The quantitative estimate of drug-likeness (QED) is 0.481. The summed E-state index contributed by atoms with van der Waals surface area (Å²) in [7, 11) is 0. The molecule has 6 rings (SSSR count). The molecule has 4 aromatic rings. The molecule has 0 bridgehead atoms. The topological polar surface area (TPSA) is 75.9 Å². The third-order valence-electron chi connectivity index (χ3n) is 6.10. The van der Waals surface area contributed by atoms with E-state index in [1.807, 2.05) is 42.5 Å². The molecule has 0 aliphatic carbocycles. The minimum atomic E-state index is 0.307. The number of furan rings is 1. The number of piperazine rings is 1. The van der Waals surface area contributed by atoms with E-state index in [4.69, 9.17) is 23.9 Å². The third-order valence-corrected chi connectivity index (χ3v) is 6.10. The summed E-state index contributed by atoms with van der Waals surface area (Å²) in [6, 6.07) is 18.1. The number of fused-ring (bicyclic) bond motifs is 2. The van der Waals surface area contributed by atoms with Crippen LogP contribution in [0.15, 0.2) is 65.3 Å². The molecule has 1 N–H and O–H groups in total. The van der Waals surface area contributed by atoms with Crippen LogP contribution >= 0.6 is 0 Å². The van der Waals surface area contributed by atoms with Crippen LogP contribution in [0.2, 0.25) is 0 Å². The molecule has 168 valence electrons. The van der Waals surface area contributed by atoms with Crippen molar-refractivity contribution in [1.29, 1.82) is 0 Å². The van der Waals surface area contributed by atoms with E-state index in [0.717, 1.165) is 72.7 Å². The lowest BCUT2D eigenvalue weighted by Crippen LogP contribution is -2.46. The Bertz CT molecular complexity index is 1250. The average molecular weight is 444 g/mol. The molecule has 0 saturated carbocycles. The van der Waals surface area contributed by atoms with Crippen molar-refractivity contribution in [1.82, 2.24) is 14.9 Å². The van der Waals surface area contributed by atoms with Gasteiger partial charge in [0.15, 0.2) is 11.5 Å². The van der Waals surface area contributed by atoms with Gasteiger partial charge in [-0.15, -0.1) is 0 Å². The molecule has 0 atom stereocenters. The summed E-state index contributed by atoms with van der Waals surface area (Å²) in [4.78, 5) is 14.5. The molecule has 2 aromatic carbocycles. The van der Waals surface area contributed by atoms with Crippen molar-refractivity contribution in [3.8, 4) is 11.5 Å². The summed E-state index contributed by atoms with van der Waals surface area (Å²) in [6.07, 6.45) is 1.68. The highest BCUT2D eigenvalue weighted by atomic mass is 16.7. The number of ether oxygens (including phenoxy) is 2. The fourth-order valence-electron chi connectivity index (χ4n) is 4.33. The van der Waals surface area contributed by atoms with Gasteiger partial charge in [0.1, 0.15) is 11.6 Å². The molecule has 0 spiro atoms. The first kappa shape index (κ1) is 19.9. The second kappa shape index (κ2) is 8.63. The predicted octanol–water partition coefficient (Wildman–Crippen LogP) is 3.89. The summed E-state index contributed by atoms with van der Waals surface area (Å²) < 4.78 is 16.4. The van der Waals surface area contributed by atoms with Crippen LogP contribution in [-0.2, 0) is 13.1 Å². The number of anilines is 2. The lowest BCUT2D eigenvalue weighted by atomic mass is 10.1. The van der Waals surface area contributed by atoms with Crippen molar-refractivity contribution in [2.75, 3.05) is 43.2 Å². The van der Waals surface area contributed by atoms with Gasteiger partial charge in [0.05, 0.1) is 18.3 Å². The van der Waals surface area contributed by atoms with Crippen LogP contribution in [0.25, 0.3) is 10.9 Å². The van der Waals surface area contributed by atoms with Crippen molar-refractivity contribution in [2.45, 2.75) is 13.1 Å². The van der Waals surface area contributed by atoms with Gasteiger partial charge in [-0.2, -0.15) is 4.98 Å². The van der Waals surface area contributed by atoms with E-state index in [0.29, 0.717) is 13.3 Å². The molecule has 8 heteroatoms. The molecule has 8 nitrogen and oxygen atoms in total. The van der Waals surface area contributed by atoms with Gasteiger partial charge in [0, 0.05) is 38.1 Å². The van der Waals surface area contributed by atoms with Crippen LogP contribution in [-0.4, -0.2) is 47.8 Å². The van der Waals surface area contributed by atoms with Crippen LogP contribution in [0, 0.1) is 0 Å². The molecule has 33 heavy (non-hydrogen) atoms. The maximum absolute atomic E-state index is 5.52. The predicted molar refractivity (Wildman–Crippen MR) is 126 cm³/mol. The zero-order valence-corrected chi connectivity index (χ0v) is 18.2. The van der Waals surface area contributed by atoms with Crippen LogP contribution in [0.4, 0.5) is 11.8 Å². The number of nitrogens with one attached hydrogen (secondary N) is 1. The van der Waals surface area contributed by atoms with E-state index >= 15 is 0 Å². The first-order valence-electron chi connectivity index (χ1n) is 11.2. The van der Waals surface area contributed by atoms with E-state index in [1.54, 1.807) is 6.26 Å². The Labute approximate surface area is 191 Å². The molecular formula is C25H25N5O3. The highest BCUT2D eigenvalue weighted by molar-refractivity contribution is 5.90. The van der Waals surface area contributed by atoms with Crippen molar-refractivity contribution in [3.63, 3.8) is 0 Å². The lowest BCUT2D eigenvalue weighted by Gasteiger charge is -2.35. The first-order valence-corrected chi connectivity index (χ1v) is 11.2. The minimum absolute atomic E-state index is 0.307. The number of para-hydroxylation sites is 1. The summed E-state index contributed by atoms with van der Waals surface area (Å²) in [5.41, 5.74) is 2.17. The Kier molecular flexibility index (Phi) is 5.20. The normalized spacial score (nSPS) is 15.8. The Morgan fingerprint density at radius 3 is 2.64 bits per heavy atom. The zero-order chi connectivity index (χ0) is 22.0. The van der Waals surface area contributed by atoms with Crippen LogP contribution in [0.5, 0.6) is 11.5 Å². The molecule has 2 aliphatic heterocycles. The van der Waals surface area contributed by atoms with Crippen LogP contribution < -0.4 is 19.7 Å². The van der Waals surface area contributed by atoms with E-state index in [2.05, 4.69) is 27.2 Å². The molecule has 0 unspecified atom stereocenters. The molecule has 2 aromatic heterocycles. The average Bonchev–Trinajstić information content (AvgIpc) is 3.55. The van der Waals surface area contributed by atoms with Gasteiger partial charge < -0.3 is 24.1 Å². The molecule has 0 amide bonds. The van der Waals surface area contributed by atoms with Crippen molar-refractivity contribution in [2.24, 2.45) is 0 Å². The highest BCUT2D eigenvalue weighted by Crippen LogP contribution is 2.33. The number of benzene rings is 2. The Morgan fingerprint density at radius 1 is 0.879 bits per heavy atom. The lowest BCUT2D eigenvalue weighted by molar-refractivity contribution is 0.174. The summed E-state index contributed by atoms with van der Waals surface area (Å²) in [6.45, 7) is 5.41. The maximum atomic E-state index is 5.52. The van der Waals surface area contributed by atoms with Gasteiger partial charge in [0.25, 0.3) is 0 Å². The van der Waals surface area contributed by atoms with Gasteiger partial charge in [-0.25, -0.2) is 4.98 Å². The smallest absolute Gasteiger partial charge is 0.231 e. The summed E-state index contributed by atoms with van der Waals surface area (Å²) >= 11 is 0. The monoisotopic (exact) mass is 443 g/mol. The molecule has 4 heterocycles. The number of hydrogen-bond donors (Lipinski definition) is 1. The minimum Gasteiger partial charge on any atom is -0.467 e. The Morgan fingerprint density at radius 2 is 1.76 bits per heavy atom. The third kappa shape index (κ3) is 4.17. The van der Waals surface area contributed by atoms with Gasteiger partial charge in [-0.1, -0.05) is 18.2 Å². The SMILES string of the molecule is c1coc(CNc2nc(N3CCN(Cc4ccc5c(c4)OCO5)CC3)nc3ccccc23)c1. The van der Waals surface area contributed by atoms with Crippen molar-refractivity contribution < 1.29 is 13.9 Å². The highest BCUT2D eigenvalue weighted by Gasteiger charge is 2.21. The summed E-state index contributed by atoms with van der Waals surface area (Å²) in [5, 5.41) is 4.44. The van der Waals surface area contributed by atoms with Gasteiger partial charge in [-0.05, 0) is 42.0 Å². The second-order valence-corrected chi connectivity index (χ2v) is 8.27. The second-order valence-electron chi connectivity index (χ2n) is 8.27. The number of nitrogens with zero attached hydrogens (tertiary/aromatic N) is 4. The van der Waals surface area contributed by atoms with E-state index in [9.17, 15) is 0 Å². The van der Waals surface area contributed by atoms with Gasteiger partial charge in [-0.3, -0.25) is 4.90 Å². The molecular weight excluding hydrogens is 418 g/mol. The number of aromatic nitrogens is 2. The zero-order valence-electron chi connectivity index (χ0n) is 18.2. The fourth-order valence-corrected chi connectivity index (χ4v) is 4.33. The van der Waals surface area contributed by atoms with E-state index < -0.39 is 0 Å². The van der Waals surface area contributed by atoms with E-state index in [1.165, 1.54) is 5.56 Å². The van der Waals surface area contributed by atoms with E-state index in [-0.39, 0.29) is 0 Å². The molecule has 0 radical (unpaired) electrons. The summed E-state index contributed by atoms with van der Waals surface area (Å²) in [5.74, 6) is 4.13. The molecule has 1 saturated heterocycles. The number of hydrogen-bond acceptors (Lipinski definition) is 8. The fraction of sp³-hybridized carbons (Fsp3) is 0.280. The van der Waals surface area contributed by atoms with Gasteiger partial charge in [0.2, 0.25) is 12.7 Å². The number of rotatable bonds is 6. The van der Waals surface area contributed by atoms with Crippen molar-refractivity contribution in [3.05, 3.63) is 72.2 Å². The maximum Gasteiger partial charge on any atom is 0.231 e. The van der Waals surface area contributed by atoms with Crippen LogP contribution in [0.3, 0.4) is 0 Å². The van der Waals surface area contributed by atoms with Gasteiger partial charge >= 0.3 is 0 Å².